The Balaban J connectivity index is 1.81. The number of ether oxygens (including phenoxy) is 1. The van der Waals surface area contributed by atoms with Crippen LogP contribution in [0.5, 0.6) is 0 Å². The largest absolute Gasteiger partial charge is 0.381 e. The molecule has 2 rings (SSSR count). The van der Waals surface area contributed by atoms with Crippen molar-refractivity contribution in [3.05, 3.63) is 11.7 Å². The molecular formula is C12H21N3O2. The van der Waals surface area contributed by atoms with Gasteiger partial charge in [-0.25, -0.2) is 0 Å². The van der Waals surface area contributed by atoms with E-state index >= 15 is 0 Å². The summed E-state index contributed by atoms with van der Waals surface area (Å²) in [6.45, 7) is 6.82. The molecule has 2 heterocycles. The predicted molar refractivity (Wildman–Crippen MR) is 63.9 cm³/mol. The van der Waals surface area contributed by atoms with Crippen LogP contribution in [0.15, 0.2) is 4.52 Å². The average molecular weight is 239 g/mol. The van der Waals surface area contributed by atoms with Crippen LogP contribution < -0.4 is 5.32 Å². The summed E-state index contributed by atoms with van der Waals surface area (Å²) < 4.78 is 10.6. The van der Waals surface area contributed by atoms with Gasteiger partial charge < -0.3 is 14.6 Å². The zero-order valence-electron chi connectivity index (χ0n) is 10.6. The molecule has 1 N–H and O–H groups in total. The van der Waals surface area contributed by atoms with Crippen LogP contribution >= 0.6 is 0 Å². The molecule has 0 bridgehead atoms. The predicted octanol–water partition coefficient (Wildman–Crippen LogP) is 1.50. The van der Waals surface area contributed by atoms with Crippen LogP contribution in [0.3, 0.4) is 0 Å². The quantitative estimate of drug-likeness (QED) is 0.815. The Morgan fingerprint density at radius 3 is 3.12 bits per heavy atom. The molecule has 17 heavy (non-hydrogen) atoms. The summed E-state index contributed by atoms with van der Waals surface area (Å²) >= 11 is 0. The Kier molecular flexibility index (Phi) is 4.50. The summed E-state index contributed by atoms with van der Waals surface area (Å²) in [6.07, 6.45) is 2.87. The first-order valence-electron chi connectivity index (χ1n) is 6.43. The molecule has 2 atom stereocenters. The van der Waals surface area contributed by atoms with Gasteiger partial charge in [0.1, 0.15) is 0 Å². The van der Waals surface area contributed by atoms with Crippen molar-refractivity contribution in [1.29, 1.82) is 0 Å². The molecule has 1 aliphatic rings. The van der Waals surface area contributed by atoms with Crippen LogP contribution in [0.2, 0.25) is 0 Å². The Labute approximate surface area is 102 Å². The molecule has 1 saturated heterocycles. The number of hydrogen-bond acceptors (Lipinski definition) is 5. The van der Waals surface area contributed by atoms with Crippen molar-refractivity contribution < 1.29 is 9.26 Å². The molecule has 2 unspecified atom stereocenters. The van der Waals surface area contributed by atoms with E-state index in [0.717, 1.165) is 50.7 Å². The topological polar surface area (TPSA) is 60.2 Å². The van der Waals surface area contributed by atoms with Crippen molar-refractivity contribution in [2.45, 2.75) is 45.1 Å². The molecule has 0 radical (unpaired) electrons. The molecule has 0 amide bonds. The van der Waals surface area contributed by atoms with Crippen LogP contribution in [0.1, 0.15) is 44.3 Å². The van der Waals surface area contributed by atoms with E-state index in [9.17, 15) is 0 Å². The molecule has 5 nitrogen and oxygen atoms in total. The van der Waals surface area contributed by atoms with Gasteiger partial charge in [-0.05, 0) is 26.3 Å². The summed E-state index contributed by atoms with van der Waals surface area (Å²) in [7, 11) is 0. The summed E-state index contributed by atoms with van der Waals surface area (Å²) in [5.74, 6) is 1.89. The zero-order valence-corrected chi connectivity index (χ0v) is 10.6. The summed E-state index contributed by atoms with van der Waals surface area (Å²) in [4.78, 5) is 4.44. The van der Waals surface area contributed by atoms with E-state index in [1.54, 1.807) is 0 Å². The Morgan fingerprint density at radius 2 is 2.41 bits per heavy atom. The van der Waals surface area contributed by atoms with Crippen molar-refractivity contribution in [2.75, 3.05) is 19.8 Å². The highest BCUT2D eigenvalue weighted by Gasteiger charge is 2.23. The van der Waals surface area contributed by atoms with Crippen molar-refractivity contribution in [2.24, 2.45) is 0 Å². The van der Waals surface area contributed by atoms with Crippen LogP contribution in [-0.2, 0) is 11.2 Å². The first-order chi connectivity index (χ1) is 8.29. The molecule has 5 heteroatoms. The molecule has 1 fully saturated rings. The first-order valence-corrected chi connectivity index (χ1v) is 6.43. The standard InChI is InChI=1S/C12H21N3O2/c1-3-13-9(2)4-5-11-14-12(15-17-11)10-6-7-16-8-10/h9-10,13H,3-8H2,1-2H3. The van der Waals surface area contributed by atoms with Gasteiger partial charge in [-0.2, -0.15) is 4.98 Å². The number of nitrogens with one attached hydrogen (secondary N) is 1. The lowest BCUT2D eigenvalue weighted by Gasteiger charge is -2.09. The van der Waals surface area contributed by atoms with Crippen molar-refractivity contribution >= 4 is 0 Å². The Bertz CT molecular complexity index is 334. The molecule has 0 aromatic carbocycles. The van der Waals surface area contributed by atoms with Gasteiger partial charge in [0.2, 0.25) is 5.89 Å². The van der Waals surface area contributed by atoms with Gasteiger partial charge in [-0.1, -0.05) is 12.1 Å². The van der Waals surface area contributed by atoms with Gasteiger partial charge in [-0.15, -0.1) is 0 Å². The van der Waals surface area contributed by atoms with Crippen LogP contribution in [0, 0.1) is 0 Å². The fourth-order valence-electron chi connectivity index (χ4n) is 2.06. The fourth-order valence-corrected chi connectivity index (χ4v) is 2.06. The zero-order chi connectivity index (χ0) is 12.1. The van der Waals surface area contributed by atoms with Crippen molar-refractivity contribution in [3.8, 4) is 0 Å². The van der Waals surface area contributed by atoms with Gasteiger partial charge in [0.15, 0.2) is 5.82 Å². The molecule has 96 valence electrons. The summed E-state index contributed by atoms with van der Waals surface area (Å²) in [5, 5.41) is 7.40. The second-order valence-corrected chi connectivity index (χ2v) is 4.60. The smallest absolute Gasteiger partial charge is 0.226 e. The molecular weight excluding hydrogens is 218 g/mol. The number of rotatable bonds is 6. The third-order valence-electron chi connectivity index (χ3n) is 3.12. The average Bonchev–Trinajstić information content (AvgIpc) is 2.97. The number of nitrogens with zero attached hydrogens (tertiary/aromatic N) is 2. The third-order valence-corrected chi connectivity index (χ3v) is 3.12. The lowest BCUT2D eigenvalue weighted by Crippen LogP contribution is -2.25. The highest BCUT2D eigenvalue weighted by molar-refractivity contribution is 4.97. The van der Waals surface area contributed by atoms with E-state index in [1.165, 1.54) is 0 Å². The lowest BCUT2D eigenvalue weighted by atomic mass is 10.1. The van der Waals surface area contributed by atoms with E-state index in [2.05, 4.69) is 29.3 Å². The SMILES string of the molecule is CCNC(C)CCc1nc(C2CCOC2)no1. The molecule has 1 aliphatic heterocycles. The molecule has 1 aromatic heterocycles. The van der Waals surface area contributed by atoms with Crippen LogP contribution in [0.4, 0.5) is 0 Å². The lowest BCUT2D eigenvalue weighted by molar-refractivity contribution is 0.192. The normalized spacial score (nSPS) is 21.9. The second kappa shape index (κ2) is 6.12. The summed E-state index contributed by atoms with van der Waals surface area (Å²) in [6, 6.07) is 0.491. The monoisotopic (exact) mass is 239 g/mol. The third kappa shape index (κ3) is 3.51. The number of aromatic nitrogens is 2. The van der Waals surface area contributed by atoms with E-state index in [0.29, 0.717) is 12.0 Å². The maximum absolute atomic E-state index is 5.32. The van der Waals surface area contributed by atoms with E-state index < -0.39 is 0 Å². The Hall–Kier alpha value is -0.940. The number of aryl methyl sites for hydroxylation is 1. The molecule has 0 aliphatic carbocycles. The van der Waals surface area contributed by atoms with Gasteiger partial charge in [-0.3, -0.25) is 0 Å². The van der Waals surface area contributed by atoms with Gasteiger partial charge >= 0.3 is 0 Å². The first kappa shape index (κ1) is 12.5. The van der Waals surface area contributed by atoms with Crippen LogP contribution in [-0.4, -0.2) is 35.9 Å². The minimum atomic E-state index is 0.332. The van der Waals surface area contributed by atoms with Gasteiger partial charge in [0.05, 0.1) is 6.61 Å². The van der Waals surface area contributed by atoms with Gasteiger partial charge in [0.25, 0.3) is 0 Å². The second-order valence-electron chi connectivity index (χ2n) is 4.60. The fraction of sp³-hybridized carbons (Fsp3) is 0.833. The van der Waals surface area contributed by atoms with E-state index in [-0.39, 0.29) is 0 Å². The molecule has 0 saturated carbocycles. The van der Waals surface area contributed by atoms with Gasteiger partial charge in [0, 0.05) is 25.0 Å². The van der Waals surface area contributed by atoms with Crippen molar-refractivity contribution in [1.82, 2.24) is 15.5 Å². The van der Waals surface area contributed by atoms with E-state index in [1.807, 2.05) is 0 Å². The van der Waals surface area contributed by atoms with E-state index in [4.69, 9.17) is 9.26 Å². The summed E-state index contributed by atoms with van der Waals surface area (Å²) in [5.41, 5.74) is 0. The minimum absolute atomic E-state index is 0.332. The molecule has 1 aromatic rings. The van der Waals surface area contributed by atoms with Crippen molar-refractivity contribution in [3.63, 3.8) is 0 Å². The molecule has 0 spiro atoms. The highest BCUT2D eigenvalue weighted by Crippen LogP contribution is 2.22. The van der Waals surface area contributed by atoms with Crippen LogP contribution in [0.25, 0.3) is 0 Å². The number of hydrogen-bond donors (Lipinski definition) is 1. The maximum atomic E-state index is 5.32. The maximum Gasteiger partial charge on any atom is 0.226 e. The minimum Gasteiger partial charge on any atom is -0.381 e. The Morgan fingerprint density at radius 1 is 1.53 bits per heavy atom. The highest BCUT2D eigenvalue weighted by atomic mass is 16.5.